The van der Waals surface area contributed by atoms with Crippen LogP contribution in [0.25, 0.3) is 0 Å². The van der Waals surface area contributed by atoms with Crippen molar-refractivity contribution in [3.8, 4) is 0 Å². The van der Waals surface area contributed by atoms with Gasteiger partial charge in [0.1, 0.15) is 4.34 Å². The van der Waals surface area contributed by atoms with Crippen molar-refractivity contribution in [2.24, 2.45) is 0 Å². The van der Waals surface area contributed by atoms with Gasteiger partial charge in [0.15, 0.2) is 0 Å². The van der Waals surface area contributed by atoms with Crippen LogP contribution >= 0.6 is 23.1 Å². The number of aliphatic carboxylic acids is 2. The van der Waals surface area contributed by atoms with Crippen LogP contribution in [0.4, 0.5) is 0 Å². The highest BCUT2D eigenvalue weighted by molar-refractivity contribution is 8.01. The molecule has 0 aromatic carbocycles. The Kier molecular flexibility index (Phi) is 4.75. The summed E-state index contributed by atoms with van der Waals surface area (Å²) in [7, 11) is 0. The molecule has 0 radical (unpaired) electrons. The number of aryl methyl sites for hydroxylation is 1. The van der Waals surface area contributed by atoms with E-state index in [1.807, 2.05) is 0 Å². The molecule has 16 heavy (non-hydrogen) atoms. The van der Waals surface area contributed by atoms with Gasteiger partial charge in [0.05, 0.1) is 18.5 Å². The maximum atomic E-state index is 10.5. The van der Waals surface area contributed by atoms with Crippen molar-refractivity contribution in [3.05, 3.63) is 10.6 Å². The summed E-state index contributed by atoms with van der Waals surface area (Å²) in [4.78, 5) is 25.7. The molecule has 0 bridgehead atoms. The number of carboxylic acid groups (broad SMARTS) is 2. The zero-order chi connectivity index (χ0) is 12.1. The number of hydrogen-bond acceptors (Lipinski definition) is 5. The first kappa shape index (κ1) is 13.0. The number of nitrogens with zero attached hydrogens (tertiary/aromatic N) is 1. The van der Waals surface area contributed by atoms with Crippen molar-refractivity contribution in [2.45, 2.75) is 24.1 Å². The zero-order valence-electron chi connectivity index (χ0n) is 8.60. The van der Waals surface area contributed by atoms with Crippen LogP contribution in [0.2, 0.25) is 0 Å². The number of carbonyl (C=O) groups is 2. The summed E-state index contributed by atoms with van der Waals surface area (Å²) in [5, 5.41) is 17.1. The van der Waals surface area contributed by atoms with E-state index in [4.69, 9.17) is 10.2 Å². The Morgan fingerprint density at radius 1 is 1.38 bits per heavy atom. The van der Waals surface area contributed by atoms with E-state index in [0.29, 0.717) is 11.4 Å². The Bertz CT molecular complexity index is 402. The minimum absolute atomic E-state index is 0.0248. The van der Waals surface area contributed by atoms with E-state index >= 15 is 0 Å². The summed E-state index contributed by atoms with van der Waals surface area (Å²) >= 11 is 2.66. The number of rotatable bonds is 6. The van der Waals surface area contributed by atoms with E-state index in [1.165, 1.54) is 23.1 Å². The van der Waals surface area contributed by atoms with E-state index in [-0.39, 0.29) is 12.8 Å². The predicted octanol–water partition coefficient (Wildman–Crippen LogP) is 1.65. The molecule has 0 fully saturated rings. The molecule has 1 aromatic rings. The maximum Gasteiger partial charge on any atom is 0.308 e. The lowest BCUT2D eigenvalue weighted by molar-refractivity contribution is -0.137. The average molecular weight is 261 g/mol. The van der Waals surface area contributed by atoms with Crippen LogP contribution in [0.1, 0.15) is 17.0 Å². The topological polar surface area (TPSA) is 87.5 Å². The van der Waals surface area contributed by atoms with E-state index < -0.39 is 11.9 Å². The van der Waals surface area contributed by atoms with Gasteiger partial charge < -0.3 is 10.2 Å². The van der Waals surface area contributed by atoms with Gasteiger partial charge in [-0.15, -0.1) is 11.3 Å². The van der Waals surface area contributed by atoms with Crippen molar-refractivity contribution < 1.29 is 19.8 Å². The van der Waals surface area contributed by atoms with Crippen molar-refractivity contribution in [2.75, 3.05) is 5.75 Å². The maximum absolute atomic E-state index is 10.5. The van der Waals surface area contributed by atoms with Crippen LogP contribution < -0.4 is 0 Å². The Morgan fingerprint density at radius 2 is 2.06 bits per heavy atom. The average Bonchev–Trinajstić information content (AvgIpc) is 2.45. The highest BCUT2D eigenvalue weighted by atomic mass is 32.2. The van der Waals surface area contributed by atoms with E-state index in [2.05, 4.69) is 4.98 Å². The molecule has 0 unspecified atom stereocenters. The number of carboxylic acids is 2. The molecule has 88 valence electrons. The molecule has 2 N–H and O–H groups in total. The highest BCUT2D eigenvalue weighted by Gasteiger charge is 2.11. The first-order valence-electron chi connectivity index (χ1n) is 4.51. The summed E-state index contributed by atoms with van der Waals surface area (Å²) in [6.45, 7) is 1.76. The molecule has 0 aliphatic carbocycles. The lowest BCUT2D eigenvalue weighted by Crippen LogP contribution is -1.99. The fourth-order valence-corrected chi connectivity index (χ4v) is 3.21. The van der Waals surface area contributed by atoms with Gasteiger partial charge in [0.2, 0.25) is 0 Å². The van der Waals surface area contributed by atoms with Crippen molar-refractivity contribution in [1.82, 2.24) is 4.98 Å². The van der Waals surface area contributed by atoms with Crippen LogP contribution in [-0.4, -0.2) is 32.9 Å². The van der Waals surface area contributed by atoms with Gasteiger partial charge in [-0.05, 0) is 6.92 Å². The molecule has 1 rings (SSSR count). The predicted molar refractivity (Wildman–Crippen MR) is 61.2 cm³/mol. The Morgan fingerprint density at radius 3 is 2.62 bits per heavy atom. The highest BCUT2D eigenvalue weighted by Crippen LogP contribution is 2.27. The standard InChI is InChI=1S/C9H11NO4S2/c1-5-6(4-8(13)14)16-9(10-5)15-3-2-7(11)12/h2-4H2,1H3,(H,11,12)(H,13,14). The van der Waals surface area contributed by atoms with E-state index in [1.54, 1.807) is 6.92 Å². The third-order valence-corrected chi connectivity index (χ3v) is 4.03. The fourth-order valence-electron chi connectivity index (χ4n) is 0.990. The molecule has 0 atom stereocenters. The Labute approximate surface area is 101 Å². The Balaban J connectivity index is 2.55. The minimum atomic E-state index is -0.881. The largest absolute Gasteiger partial charge is 0.481 e. The second kappa shape index (κ2) is 5.86. The van der Waals surface area contributed by atoms with Gasteiger partial charge in [-0.3, -0.25) is 9.59 Å². The van der Waals surface area contributed by atoms with Gasteiger partial charge in [-0.25, -0.2) is 4.98 Å². The SMILES string of the molecule is Cc1nc(SCCC(=O)O)sc1CC(=O)O. The molecule has 1 heterocycles. The molecule has 0 amide bonds. The smallest absolute Gasteiger partial charge is 0.308 e. The summed E-state index contributed by atoms with van der Waals surface area (Å²) in [5.41, 5.74) is 0.713. The lowest BCUT2D eigenvalue weighted by Gasteiger charge is -1.92. The van der Waals surface area contributed by atoms with Gasteiger partial charge in [0.25, 0.3) is 0 Å². The fraction of sp³-hybridized carbons (Fsp3) is 0.444. The third kappa shape index (κ3) is 4.19. The monoisotopic (exact) mass is 261 g/mol. The molecule has 1 aromatic heterocycles. The van der Waals surface area contributed by atoms with Crippen molar-refractivity contribution in [1.29, 1.82) is 0 Å². The second-order valence-corrected chi connectivity index (χ2v) is 5.48. The van der Waals surface area contributed by atoms with Gasteiger partial charge in [0, 0.05) is 10.6 Å². The van der Waals surface area contributed by atoms with Gasteiger partial charge in [-0.2, -0.15) is 0 Å². The van der Waals surface area contributed by atoms with Crippen molar-refractivity contribution >= 4 is 35.0 Å². The second-order valence-electron chi connectivity index (χ2n) is 3.05. The van der Waals surface area contributed by atoms with Gasteiger partial charge in [-0.1, -0.05) is 11.8 Å². The molecule has 7 heteroatoms. The van der Waals surface area contributed by atoms with Crippen LogP contribution in [0.3, 0.4) is 0 Å². The quantitative estimate of drug-likeness (QED) is 0.757. The zero-order valence-corrected chi connectivity index (χ0v) is 10.2. The van der Waals surface area contributed by atoms with Crippen LogP contribution in [0, 0.1) is 6.92 Å². The lowest BCUT2D eigenvalue weighted by atomic mass is 10.3. The number of hydrogen-bond donors (Lipinski definition) is 2. The van der Waals surface area contributed by atoms with Gasteiger partial charge >= 0.3 is 11.9 Å². The third-order valence-electron chi connectivity index (χ3n) is 1.73. The summed E-state index contributed by atoms with van der Waals surface area (Å²) < 4.78 is 0.731. The Hall–Kier alpha value is -1.08. The summed E-state index contributed by atoms with van der Waals surface area (Å²) in [6.07, 6.45) is 0.0561. The molecule has 0 spiro atoms. The molecular weight excluding hydrogens is 250 g/mol. The normalized spacial score (nSPS) is 10.3. The van der Waals surface area contributed by atoms with E-state index in [0.717, 1.165) is 9.22 Å². The summed E-state index contributed by atoms with van der Waals surface area (Å²) in [5.74, 6) is -1.27. The molecule has 5 nitrogen and oxygen atoms in total. The number of aromatic nitrogens is 1. The molecule has 0 aliphatic rings. The first-order valence-corrected chi connectivity index (χ1v) is 6.32. The van der Waals surface area contributed by atoms with E-state index in [9.17, 15) is 9.59 Å². The number of thiazole rings is 1. The molecular formula is C9H11NO4S2. The van der Waals surface area contributed by atoms with Crippen LogP contribution in [0.5, 0.6) is 0 Å². The molecule has 0 aliphatic heterocycles. The first-order chi connectivity index (χ1) is 7.49. The summed E-state index contributed by atoms with van der Waals surface area (Å²) in [6, 6.07) is 0. The molecule has 0 saturated carbocycles. The molecule has 0 saturated heterocycles. The minimum Gasteiger partial charge on any atom is -0.481 e. The number of thioether (sulfide) groups is 1. The van der Waals surface area contributed by atoms with Crippen molar-refractivity contribution in [3.63, 3.8) is 0 Å². The van der Waals surface area contributed by atoms with Crippen LogP contribution in [-0.2, 0) is 16.0 Å². The van der Waals surface area contributed by atoms with Crippen LogP contribution in [0.15, 0.2) is 4.34 Å².